The Hall–Kier alpha value is -0.0800. The number of hydrogen-bond acceptors (Lipinski definition) is 2. The van der Waals surface area contributed by atoms with Crippen molar-refractivity contribution in [2.75, 3.05) is 26.2 Å². The molecule has 1 N–H and O–H groups in total. The van der Waals surface area contributed by atoms with Crippen molar-refractivity contribution < 1.29 is 0 Å². The zero-order valence-corrected chi connectivity index (χ0v) is 9.89. The van der Waals surface area contributed by atoms with Gasteiger partial charge < -0.3 is 10.2 Å². The SMILES string of the molecule is CCCCN(CC)CCCNC1CC1. The molecule has 0 aliphatic heterocycles. The lowest BCUT2D eigenvalue weighted by atomic mass is 10.3. The first-order valence-electron chi connectivity index (χ1n) is 6.32. The van der Waals surface area contributed by atoms with Gasteiger partial charge in [0.05, 0.1) is 0 Å². The van der Waals surface area contributed by atoms with Crippen LogP contribution in [0.4, 0.5) is 0 Å². The molecule has 0 aromatic heterocycles. The molecule has 2 heteroatoms. The Morgan fingerprint density at radius 2 is 1.86 bits per heavy atom. The zero-order chi connectivity index (χ0) is 10.2. The van der Waals surface area contributed by atoms with Gasteiger partial charge in [0.2, 0.25) is 0 Å². The molecule has 0 spiro atoms. The standard InChI is InChI=1S/C12H26N2/c1-3-5-10-14(4-2)11-6-9-13-12-7-8-12/h12-13H,3-11H2,1-2H3. The molecule has 2 nitrogen and oxygen atoms in total. The Labute approximate surface area is 89.1 Å². The van der Waals surface area contributed by atoms with Gasteiger partial charge in [-0.25, -0.2) is 0 Å². The van der Waals surface area contributed by atoms with Crippen LogP contribution in [-0.2, 0) is 0 Å². The molecular formula is C12H26N2. The second-order valence-electron chi connectivity index (χ2n) is 4.37. The molecule has 0 amide bonds. The van der Waals surface area contributed by atoms with E-state index in [2.05, 4.69) is 24.1 Å². The lowest BCUT2D eigenvalue weighted by Gasteiger charge is -2.19. The Morgan fingerprint density at radius 3 is 2.43 bits per heavy atom. The van der Waals surface area contributed by atoms with Crippen molar-refractivity contribution in [2.24, 2.45) is 0 Å². The maximum atomic E-state index is 3.57. The molecular weight excluding hydrogens is 172 g/mol. The van der Waals surface area contributed by atoms with Crippen molar-refractivity contribution in [3.63, 3.8) is 0 Å². The van der Waals surface area contributed by atoms with E-state index < -0.39 is 0 Å². The number of unbranched alkanes of at least 4 members (excludes halogenated alkanes) is 1. The van der Waals surface area contributed by atoms with E-state index in [-0.39, 0.29) is 0 Å². The van der Waals surface area contributed by atoms with Crippen molar-refractivity contribution in [3.8, 4) is 0 Å². The molecule has 1 aliphatic rings. The highest BCUT2D eigenvalue weighted by Crippen LogP contribution is 2.18. The summed E-state index contributed by atoms with van der Waals surface area (Å²) in [4.78, 5) is 2.57. The quantitative estimate of drug-likeness (QED) is 0.572. The smallest absolute Gasteiger partial charge is 0.00682 e. The monoisotopic (exact) mass is 198 g/mol. The van der Waals surface area contributed by atoms with Gasteiger partial charge in [0, 0.05) is 6.04 Å². The first-order chi connectivity index (χ1) is 6.86. The van der Waals surface area contributed by atoms with Crippen molar-refractivity contribution in [1.29, 1.82) is 0 Å². The molecule has 1 saturated carbocycles. The second kappa shape index (κ2) is 7.24. The van der Waals surface area contributed by atoms with Gasteiger partial charge in [-0.05, 0) is 51.9 Å². The molecule has 0 heterocycles. The molecule has 1 fully saturated rings. The minimum atomic E-state index is 0.876. The molecule has 84 valence electrons. The first-order valence-corrected chi connectivity index (χ1v) is 6.32. The van der Waals surface area contributed by atoms with E-state index in [0.29, 0.717) is 0 Å². The maximum absolute atomic E-state index is 3.57. The molecule has 0 unspecified atom stereocenters. The third-order valence-electron chi connectivity index (χ3n) is 2.94. The lowest BCUT2D eigenvalue weighted by molar-refractivity contribution is 0.278. The molecule has 0 aromatic carbocycles. The number of hydrogen-bond donors (Lipinski definition) is 1. The fraction of sp³-hybridized carbons (Fsp3) is 1.00. The zero-order valence-electron chi connectivity index (χ0n) is 9.89. The highest BCUT2D eigenvalue weighted by Gasteiger charge is 2.19. The summed E-state index contributed by atoms with van der Waals surface area (Å²) in [6, 6.07) is 0.876. The first kappa shape index (κ1) is 12.0. The van der Waals surface area contributed by atoms with Gasteiger partial charge >= 0.3 is 0 Å². The van der Waals surface area contributed by atoms with Crippen LogP contribution in [0.2, 0.25) is 0 Å². The van der Waals surface area contributed by atoms with Crippen LogP contribution in [0.5, 0.6) is 0 Å². The van der Waals surface area contributed by atoms with Crippen molar-refractivity contribution in [2.45, 2.75) is 52.0 Å². The summed E-state index contributed by atoms with van der Waals surface area (Å²) in [6.45, 7) is 9.52. The van der Waals surface area contributed by atoms with Crippen LogP contribution in [0.25, 0.3) is 0 Å². The highest BCUT2D eigenvalue weighted by molar-refractivity contribution is 4.80. The van der Waals surface area contributed by atoms with Gasteiger partial charge in [-0.1, -0.05) is 20.3 Å². The minimum absolute atomic E-state index is 0.876. The number of nitrogens with one attached hydrogen (secondary N) is 1. The summed E-state index contributed by atoms with van der Waals surface area (Å²) in [5.41, 5.74) is 0. The minimum Gasteiger partial charge on any atom is -0.314 e. The Morgan fingerprint density at radius 1 is 1.14 bits per heavy atom. The molecule has 0 atom stereocenters. The molecule has 0 saturated heterocycles. The third-order valence-corrected chi connectivity index (χ3v) is 2.94. The van der Waals surface area contributed by atoms with Crippen LogP contribution in [0.1, 0.15) is 46.0 Å². The number of rotatable bonds is 9. The van der Waals surface area contributed by atoms with Gasteiger partial charge in [0.15, 0.2) is 0 Å². The lowest BCUT2D eigenvalue weighted by Crippen LogP contribution is -2.28. The highest BCUT2D eigenvalue weighted by atomic mass is 15.1. The van der Waals surface area contributed by atoms with E-state index in [1.54, 1.807) is 0 Å². The van der Waals surface area contributed by atoms with Crippen LogP contribution in [0, 0.1) is 0 Å². The molecule has 1 rings (SSSR count). The topological polar surface area (TPSA) is 15.3 Å². The fourth-order valence-corrected chi connectivity index (χ4v) is 1.71. The van der Waals surface area contributed by atoms with Gasteiger partial charge in [0.25, 0.3) is 0 Å². The fourth-order valence-electron chi connectivity index (χ4n) is 1.71. The number of nitrogens with zero attached hydrogens (tertiary/aromatic N) is 1. The van der Waals surface area contributed by atoms with Crippen LogP contribution in [0.15, 0.2) is 0 Å². The van der Waals surface area contributed by atoms with Crippen molar-refractivity contribution in [3.05, 3.63) is 0 Å². The summed E-state index contributed by atoms with van der Waals surface area (Å²) in [6.07, 6.45) is 6.80. The van der Waals surface area contributed by atoms with E-state index in [1.165, 1.54) is 58.3 Å². The molecule has 1 aliphatic carbocycles. The van der Waals surface area contributed by atoms with Gasteiger partial charge in [-0.2, -0.15) is 0 Å². The Bertz CT molecular complexity index is 132. The van der Waals surface area contributed by atoms with E-state index in [1.807, 2.05) is 0 Å². The van der Waals surface area contributed by atoms with Gasteiger partial charge in [0.1, 0.15) is 0 Å². The summed E-state index contributed by atoms with van der Waals surface area (Å²) in [7, 11) is 0. The molecule has 14 heavy (non-hydrogen) atoms. The van der Waals surface area contributed by atoms with Crippen LogP contribution in [-0.4, -0.2) is 37.1 Å². The van der Waals surface area contributed by atoms with Crippen LogP contribution in [0.3, 0.4) is 0 Å². The summed E-state index contributed by atoms with van der Waals surface area (Å²) in [5, 5.41) is 3.57. The molecule has 0 radical (unpaired) electrons. The summed E-state index contributed by atoms with van der Waals surface area (Å²) >= 11 is 0. The van der Waals surface area contributed by atoms with Crippen molar-refractivity contribution in [1.82, 2.24) is 10.2 Å². The van der Waals surface area contributed by atoms with Crippen molar-refractivity contribution >= 4 is 0 Å². The average Bonchev–Trinajstić information content (AvgIpc) is 3.01. The van der Waals surface area contributed by atoms with E-state index >= 15 is 0 Å². The van der Waals surface area contributed by atoms with Gasteiger partial charge in [-0.3, -0.25) is 0 Å². The molecule has 0 aromatic rings. The maximum Gasteiger partial charge on any atom is 0.00682 e. The second-order valence-corrected chi connectivity index (χ2v) is 4.37. The predicted octanol–water partition coefficient (Wildman–Crippen LogP) is 2.25. The normalized spacial score (nSPS) is 16.5. The Balaban J connectivity index is 1.89. The third kappa shape index (κ3) is 5.61. The average molecular weight is 198 g/mol. The van der Waals surface area contributed by atoms with Crippen LogP contribution >= 0.6 is 0 Å². The van der Waals surface area contributed by atoms with Crippen LogP contribution < -0.4 is 5.32 Å². The summed E-state index contributed by atoms with van der Waals surface area (Å²) < 4.78 is 0. The largest absolute Gasteiger partial charge is 0.314 e. The van der Waals surface area contributed by atoms with Gasteiger partial charge in [-0.15, -0.1) is 0 Å². The Kier molecular flexibility index (Phi) is 6.20. The summed E-state index contributed by atoms with van der Waals surface area (Å²) in [5.74, 6) is 0. The molecule has 0 bridgehead atoms. The van der Waals surface area contributed by atoms with E-state index in [9.17, 15) is 0 Å². The van der Waals surface area contributed by atoms with E-state index in [0.717, 1.165) is 6.04 Å². The predicted molar refractivity (Wildman–Crippen MR) is 62.7 cm³/mol. The van der Waals surface area contributed by atoms with E-state index in [4.69, 9.17) is 0 Å².